The molecule has 0 atom stereocenters. The van der Waals surface area contributed by atoms with Crippen LogP contribution in [-0.4, -0.2) is 15.1 Å². The molecule has 0 saturated heterocycles. The molecule has 0 saturated carbocycles. The maximum atomic E-state index is 12.3. The van der Waals surface area contributed by atoms with Crippen molar-refractivity contribution in [3.05, 3.63) is 29.6 Å². The van der Waals surface area contributed by atoms with Crippen molar-refractivity contribution >= 4 is 21.7 Å². The van der Waals surface area contributed by atoms with Crippen LogP contribution in [0.5, 0.6) is 0 Å². The Labute approximate surface area is 105 Å². The van der Waals surface area contributed by atoms with Crippen LogP contribution in [0.1, 0.15) is 25.1 Å². The van der Waals surface area contributed by atoms with Crippen molar-refractivity contribution in [3.8, 4) is 0 Å². The fourth-order valence-corrected chi connectivity index (χ4v) is 1.21. The maximum Gasteiger partial charge on any atom is 0.417 e. The monoisotopic (exact) mass is 309 g/mol. The normalized spacial score (nSPS) is 12.6. The first kappa shape index (κ1) is 14.2. The summed E-state index contributed by atoms with van der Waals surface area (Å²) in [7, 11) is 0. The van der Waals surface area contributed by atoms with Crippen LogP contribution in [0.2, 0.25) is 0 Å². The minimum atomic E-state index is -4.40. The lowest BCUT2D eigenvalue weighted by molar-refractivity contribution is -0.137. The highest BCUT2D eigenvalue weighted by Crippen LogP contribution is 2.28. The number of nitrogens with zero attached hydrogens (tertiary/aromatic N) is 1. The molecule has 0 aliphatic heterocycles. The van der Waals surface area contributed by atoms with Crippen LogP contribution in [0.25, 0.3) is 0 Å². The summed E-state index contributed by atoms with van der Waals surface area (Å²) >= 11 is 3.19. The van der Waals surface area contributed by atoms with Gasteiger partial charge in [-0.25, -0.2) is 0 Å². The second kappa shape index (κ2) is 4.76. The van der Waals surface area contributed by atoms with Crippen molar-refractivity contribution in [2.24, 2.45) is 0 Å². The number of carbonyl (C=O) groups excluding carboxylic acids is 1. The number of aromatic nitrogens is 1. The van der Waals surface area contributed by atoms with Gasteiger partial charge in [-0.15, -0.1) is 0 Å². The van der Waals surface area contributed by atoms with Gasteiger partial charge < -0.3 is 0 Å². The lowest BCUT2D eigenvalue weighted by atomic mass is 10.0. The molecule has 1 aromatic heterocycles. The third-order valence-electron chi connectivity index (χ3n) is 2.16. The van der Waals surface area contributed by atoms with Gasteiger partial charge in [0.25, 0.3) is 0 Å². The highest BCUT2D eigenvalue weighted by molar-refractivity contribution is 9.10. The molecule has 0 spiro atoms. The summed E-state index contributed by atoms with van der Waals surface area (Å²) in [5, 5.41) is 0. The molecule has 0 aromatic carbocycles. The molecule has 0 radical (unpaired) electrons. The van der Waals surface area contributed by atoms with E-state index in [1.54, 1.807) is 13.8 Å². The number of rotatable bonds is 3. The molecule has 1 rings (SSSR count). The minimum absolute atomic E-state index is 0.0103. The second-order valence-electron chi connectivity index (χ2n) is 4.11. The van der Waals surface area contributed by atoms with E-state index in [-0.39, 0.29) is 12.2 Å². The Morgan fingerprint density at radius 3 is 2.29 bits per heavy atom. The van der Waals surface area contributed by atoms with Crippen LogP contribution in [0.15, 0.2) is 18.3 Å². The molecule has 2 nitrogen and oxygen atoms in total. The van der Waals surface area contributed by atoms with Crippen LogP contribution in [0, 0.1) is 0 Å². The third kappa shape index (κ3) is 4.11. The zero-order valence-corrected chi connectivity index (χ0v) is 10.9. The predicted octanol–water partition coefficient (Wildman–Crippen LogP) is 3.39. The van der Waals surface area contributed by atoms with Gasteiger partial charge in [-0.1, -0.05) is 15.9 Å². The van der Waals surface area contributed by atoms with Crippen molar-refractivity contribution in [3.63, 3.8) is 0 Å². The standard InChI is InChI=1S/C11H11BrF3NO/c1-10(2,12)9(17)5-8-4-3-7(6-16-8)11(13,14)15/h3-4,6H,5H2,1-2H3. The van der Waals surface area contributed by atoms with Gasteiger partial charge in [0.2, 0.25) is 0 Å². The van der Waals surface area contributed by atoms with Gasteiger partial charge in [0.1, 0.15) is 0 Å². The lowest BCUT2D eigenvalue weighted by Crippen LogP contribution is -2.26. The summed E-state index contributed by atoms with van der Waals surface area (Å²) in [6.07, 6.45) is -3.65. The van der Waals surface area contributed by atoms with Gasteiger partial charge >= 0.3 is 6.18 Å². The SMILES string of the molecule is CC(C)(Br)C(=O)Cc1ccc(C(F)(F)F)cn1. The Morgan fingerprint density at radius 1 is 1.35 bits per heavy atom. The van der Waals surface area contributed by atoms with Crippen LogP contribution in [-0.2, 0) is 17.4 Å². The van der Waals surface area contributed by atoms with E-state index in [9.17, 15) is 18.0 Å². The Kier molecular flexibility index (Phi) is 3.96. The molecule has 0 N–H and O–H groups in total. The van der Waals surface area contributed by atoms with Gasteiger partial charge in [-0.2, -0.15) is 13.2 Å². The maximum absolute atomic E-state index is 12.3. The first-order valence-electron chi connectivity index (χ1n) is 4.85. The van der Waals surface area contributed by atoms with Gasteiger partial charge in [0.05, 0.1) is 16.3 Å². The summed E-state index contributed by atoms with van der Waals surface area (Å²) in [6.45, 7) is 3.36. The predicted molar refractivity (Wildman–Crippen MR) is 61.0 cm³/mol. The van der Waals surface area contributed by atoms with E-state index in [1.807, 2.05) is 0 Å². The summed E-state index contributed by atoms with van der Waals surface area (Å²) < 4.78 is 36.1. The Balaban J connectivity index is 2.80. The van der Waals surface area contributed by atoms with Crippen LogP contribution in [0.4, 0.5) is 13.2 Å². The molecular formula is C11H11BrF3NO. The molecule has 17 heavy (non-hydrogen) atoms. The molecule has 0 amide bonds. The van der Waals surface area contributed by atoms with Gasteiger partial charge in [-0.3, -0.25) is 9.78 Å². The van der Waals surface area contributed by atoms with E-state index in [2.05, 4.69) is 20.9 Å². The zero-order chi connectivity index (χ0) is 13.3. The molecule has 0 unspecified atom stereocenters. The second-order valence-corrected chi connectivity index (χ2v) is 6.09. The number of hydrogen-bond donors (Lipinski definition) is 0. The van der Waals surface area contributed by atoms with Crippen LogP contribution < -0.4 is 0 Å². The quantitative estimate of drug-likeness (QED) is 0.801. The molecule has 0 bridgehead atoms. The van der Waals surface area contributed by atoms with Gasteiger partial charge in [-0.05, 0) is 26.0 Å². The average molecular weight is 310 g/mol. The average Bonchev–Trinajstić information content (AvgIpc) is 2.15. The molecular weight excluding hydrogens is 299 g/mol. The number of alkyl halides is 4. The van der Waals surface area contributed by atoms with E-state index in [0.717, 1.165) is 12.3 Å². The largest absolute Gasteiger partial charge is 0.417 e. The smallest absolute Gasteiger partial charge is 0.298 e. The first-order valence-corrected chi connectivity index (χ1v) is 5.64. The minimum Gasteiger partial charge on any atom is -0.298 e. The van der Waals surface area contributed by atoms with E-state index in [0.29, 0.717) is 5.69 Å². The summed E-state index contributed by atoms with van der Waals surface area (Å²) in [5.41, 5.74) is -0.484. The molecule has 1 aromatic rings. The molecule has 0 fully saturated rings. The number of Topliss-reactive ketones (excluding diaryl/α,β-unsaturated/α-hetero) is 1. The van der Waals surface area contributed by atoms with E-state index < -0.39 is 16.1 Å². The molecule has 94 valence electrons. The summed E-state index contributed by atoms with van der Waals surface area (Å²) in [6, 6.07) is 2.15. The van der Waals surface area contributed by atoms with Crippen molar-refractivity contribution in [2.45, 2.75) is 30.8 Å². The van der Waals surface area contributed by atoms with E-state index >= 15 is 0 Å². The Morgan fingerprint density at radius 2 is 1.94 bits per heavy atom. The number of hydrogen-bond acceptors (Lipinski definition) is 2. The number of pyridine rings is 1. The molecule has 0 aliphatic carbocycles. The Hall–Kier alpha value is -0.910. The topological polar surface area (TPSA) is 30.0 Å². The van der Waals surface area contributed by atoms with Gasteiger partial charge in [0.15, 0.2) is 5.78 Å². The number of carbonyl (C=O) groups is 1. The Bertz CT molecular complexity index is 406. The molecule has 0 aliphatic rings. The number of halogens is 4. The summed E-state index contributed by atoms with van der Waals surface area (Å²) in [5.74, 6) is -0.134. The van der Waals surface area contributed by atoms with E-state index in [1.165, 1.54) is 6.07 Å². The molecule has 6 heteroatoms. The van der Waals surface area contributed by atoms with Gasteiger partial charge in [0, 0.05) is 11.9 Å². The fourth-order valence-electron chi connectivity index (χ4n) is 1.07. The van der Waals surface area contributed by atoms with E-state index in [4.69, 9.17) is 0 Å². The van der Waals surface area contributed by atoms with Crippen molar-refractivity contribution in [1.82, 2.24) is 4.98 Å². The lowest BCUT2D eigenvalue weighted by Gasteiger charge is -2.14. The highest BCUT2D eigenvalue weighted by atomic mass is 79.9. The fraction of sp³-hybridized carbons (Fsp3) is 0.455. The van der Waals surface area contributed by atoms with Crippen LogP contribution >= 0.6 is 15.9 Å². The first-order chi connectivity index (χ1) is 7.60. The zero-order valence-electron chi connectivity index (χ0n) is 9.31. The number of ketones is 1. The highest BCUT2D eigenvalue weighted by Gasteiger charge is 2.31. The summed E-state index contributed by atoms with van der Waals surface area (Å²) in [4.78, 5) is 15.2. The third-order valence-corrected chi connectivity index (χ3v) is 2.60. The van der Waals surface area contributed by atoms with Crippen molar-refractivity contribution < 1.29 is 18.0 Å². The van der Waals surface area contributed by atoms with Crippen molar-refractivity contribution in [1.29, 1.82) is 0 Å². The van der Waals surface area contributed by atoms with Crippen LogP contribution in [0.3, 0.4) is 0 Å². The molecule has 1 heterocycles. The van der Waals surface area contributed by atoms with Crippen molar-refractivity contribution in [2.75, 3.05) is 0 Å².